The summed E-state index contributed by atoms with van der Waals surface area (Å²) in [5, 5.41) is 12.3. The van der Waals surface area contributed by atoms with Gasteiger partial charge in [0.1, 0.15) is 24.1 Å². The van der Waals surface area contributed by atoms with Gasteiger partial charge in [-0.1, -0.05) is 29.8 Å². The third-order valence-electron chi connectivity index (χ3n) is 7.31. The molecule has 2 heterocycles. The van der Waals surface area contributed by atoms with Crippen LogP contribution in [0.2, 0.25) is 0 Å². The van der Waals surface area contributed by atoms with Crippen LogP contribution in [0, 0.1) is 12.8 Å². The van der Waals surface area contributed by atoms with E-state index in [1.807, 2.05) is 6.92 Å². The maximum absolute atomic E-state index is 13.2. The number of likely N-dealkylation sites (tertiary alicyclic amines) is 1. The summed E-state index contributed by atoms with van der Waals surface area (Å²) in [7, 11) is -3.93. The lowest BCUT2D eigenvalue weighted by Crippen LogP contribution is -2.51. The predicted octanol–water partition coefficient (Wildman–Crippen LogP) is 2.37. The number of sulfonamides is 1. The summed E-state index contributed by atoms with van der Waals surface area (Å²) in [6, 6.07) is 10.3. The van der Waals surface area contributed by atoms with Crippen molar-refractivity contribution < 1.29 is 37.4 Å². The van der Waals surface area contributed by atoms with Gasteiger partial charge in [0, 0.05) is 32.0 Å². The Bertz CT molecular complexity index is 1340. The van der Waals surface area contributed by atoms with Crippen LogP contribution < -0.4 is 10.1 Å². The molecular formula is C28H33N3O8S. The van der Waals surface area contributed by atoms with E-state index >= 15 is 0 Å². The van der Waals surface area contributed by atoms with E-state index in [-0.39, 0.29) is 35.9 Å². The molecule has 0 aromatic heterocycles. The second-order valence-corrected chi connectivity index (χ2v) is 12.1. The van der Waals surface area contributed by atoms with Crippen molar-refractivity contribution in [3.8, 4) is 5.75 Å². The second kappa shape index (κ2) is 12.6. The van der Waals surface area contributed by atoms with Crippen molar-refractivity contribution in [3.05, 3.63) is 59.7 Å². The van der Waals surface area contributed by atoms with Gasteiger partial charge >= 0.3 is 12.1 Å². The van der Waals surface area contributed by atoms with Crippen molar-refractivity contribution in [2.24, 2.45) is 5.92 Å². The number of aliphatic carboxylic acids is 1. The Morgan fingerprint density at radius 2 is 1.68 bits per heavy atom. The number of nitrogens with zero attached hydrogens (tertiary/aromatic N) is 2. The molecular weight excluding hydrogens is 538 g/mol. The number of amides is 2. The third kappa shape index (κ3) is 6.86. The number of aldehydes is 1. The molecule has 12 heteroatoms. The molecule has 40 heavy (non-hydrogen) atoms. The van der Waals surface area contributed by atoms with Crippen LogP contribution in [-0.4, -0.2) is 78.7 Å². The first kappa shape index (κ1) is 29.2. The molecule has 2 fully saturated rings. The van der Waals surface area contributed by atoms with Gasteiger partial charge in [-0.15, -0.1) is 0 Å². The number of benzene rings is 2. The first-order valence-corrected chi connectivity index (χ1v) is 14.6. The van der Waals surface area contributed by atoms with Gasteiger partial charge in [0.25, 0.3) is 0 Å². The molecule has 2 amide bonds. The van der Waals surface area contributed by atoms with E-state index in [9.17, 15) is 32.7 Å². The maximum atomic E-state index is 13.2. The highest BCUT2D eigenvalue weighted by Gasteiger charge is 2.40. The highest BCUT2D eigenvalue weighted by atomic mass is 32.2. The van der Waals surface area contributed by atoms with Crippen LogP contribution in [-0.2, 0) is 30.8 Å². The fourth-order valence-electron chi connectivity index (χ4n) is 4.92. The van der Waals surface area contributed by atoms with E-state index in [0.29, 0.717) is 37.9 Å². The molecule has 214 valence electrons. The van der Waals surface area contributed by atoms with Crippen molar-refractivity contribution >= 4 is 34.3 Å². The average molecular weight is 572 g/mol. The van der Waals surface area contributed by atoms with Crippen molar-refractivity contribution in [1.82, 2.24) is 14.5 Å². The van der Waals surface area contributed by atoms with Crippen LogP contribution in [0.1, 0.15) is 36.8 Å². The highest BCUT2D eigenvalue weighted by Crippen LogP contribution is 2.27. The van der Waals surface area contributed by atoms with Gasteiger partial charge in [0.05, 0.1) is 4.90 Å². The van der Waals surface area contributed by atoms with Gasteiger partial charge < -0.3 is 24.9 Å². The Kier molecular flexibility index (Phi) is 9.21. The first-order chi connectivity index (χ1) is 19.1. The molecule has 2 aliphatic rings. The summed E-state index contributed by atoms with van der Waals surface area (Å²) in [6.45, 7) is 2.88. The van der Waals surface area contributed by atoms with E-state index in [0.717, 1.165) is 16.2 Å². The standard InChI is InChI=1S/C28H33N3O8S/c1-19-4-10-23(11-5-19)40(37,38)31-14-2-3-25(31)26(33)29-24(27(34)35)17-20-6-8-22(9-7-20)39-28(36)30-15-12-21(18-32)13-16-30/h4-11,18,21,24-25H,2-3,12-17H2,1H3,(H,29,33)(H,34,35)/t24-,25-/m0/s1. The van der Waals surface area contributed by atoms with Crippen LogP contribution in [0.15, 0.2) is 53.4 Å². The molecule has 0 aliphatic carbocycles. The molecule has 0 bridgehead atoms. The Hall–Kier alpha value is -3.77. The summed E-state index contributed by atoms with van der Waals surface area (Å²) in [4.78, 5) is 50.0. The van der Waals surface area contributed by atoms with Gasteiger partial charge in [-0.25, -0.2) is 18.0 Å². The van der Waals surface area contributed by atoms with E-state index in [1.165, 1.54) is 17.0 Å². The van der Waals surface area contributed by atoms with Crippen LogP contribution >= 0.6 is 0 Å². The minimum Gasteiger partial charge on any atom is -0.480 e. The summed E-state index contributed by atoms with van der Waals surface area (Å²) < 4.78 is 32.9. The fourth-order valence-corrected chi connectivity index (χ4v) is 6.57. The average Bonchev–Trinajstić information content (AvgIpc) is 3.45. The normalized spacial score (nSPS) is 19.1. The number of piperidine rings is 1. The molecule has 2 aromatic carbocycles. The Morgan fingerprint density at radius 3 is 2.27 bits per heavy atom. The van der Waals surface area contributed by atoms with Crippen molar-refractivity contribution in [2.45, 2.75) is 56.0 Å². The molecule has 2 atom stereocenters. The molecule has 11 nitrogen and oxygen atoms in total. The quantitative estimate of drug-likeness (QED) is 0.436. The molecule has 2 N–H and O–H groups in total. The SMILES string of the molecule is Cc1ccc(S(=O)(=O)N2CCC[C@H]2C(=O)N[C@@H](Cc2ccc(OC(=O)N3CCC(C=O)CC3)cc2)C(=O)O)cc1. The molecule has 2 aliphatic heterocycles. The van der Waals surface area contributed by atoms with Gasteiger partial charge in [-0.2, -0.15) is 4.31 Å². The zero-order valence-corrected chi connectivity index (χ0v) is 23.0. The number of carboxylic acid groups (broad SMARTS) is 1. The lowest BCUT2D eigenvalue weighted by atomic mass is 9.99. The number of aryl methyl sites for hydroxylation is 1. The number of hydrogen-bond donors (Lipinski definition) is 2. The second-order valence-electron chi connectivity index (χ2n) is 10.2. The van der Waals surface area contributed by atoms with Crippen LogP contribution in [0.4, 0.5) is 4.79 Å². The fraction of sp³-hybridized carbons (Fsp3) is 0.429. The number of hydrogen-bond acceptors (Lipinski definition) is 7. The zero-order chi connectivity index (χ0) is 28.9. The minimum absolute atomic E-state index is 0.0414. The van der Waals surface area contributed by atoms with Crippen molar-refractivity contribution in [3.63, 3.8) is 0 Å². The van der Waals surface area contributed by atoms with Crippen molar-refractivity contribution in [2.75, 3.05) is 19.6 Å². The summed E-state index contributed by atoms with van der Waals surface area (Å²) in [5.74, 6) is -1.68. The number of nitrogens with one attached hydrogen (secondary N) is 1. The minimum atomic E-state index is -3.93. The topological polar surface area (TPSA) is 150 Å². The van der Waals surface area contributed by atoms with Gasteiger partial charge in [0.15, 0.2) is 0 Å². The lowest BCUT2D eigenvalue weighted by molar-refractivity contribution is -0.142. The van der Waals surface area contributed by atoms with Gasteiger partial charge in [0.2, 0.25) is 15.9 Å². The molecule has 2 aromatic rings. The first-order valence-electron chi connectivity index (χ1n) is 13.2. The van der Waals surface area contributed by atoms with E-state index < -0.39 is 40.1 Å². The number of carbonyl (C=O) groups excluding carboxylic acids is 3. The number of carbonyl (C=O) groups is 4. The molecule has 2 saturated heterocycles. The Morgan fingerprint density at radius 1 is 1.02 bits per heavy atom. The monoisotopic (exact) mass is 571 g/mol. The van der Waals surface area contributed by atoms with E-state index in [4.69, 9.17) is 4.74 Å². The molecule has 0 spiro atoms. The summed E-state index contributed by atoms with van der Waals surface area (Å²) >= 11 is 0. The van der Waals surface area contributed by atoms with E-state index in [1.54, 1.807) is 36.4 Å². The van der Waals surface area contributed by atoms with Crippen LogP contribution in [0.3, 0.4) is 0 Å². The maximum Gasteiger partial charge on any atom is 0.415 e. The van der Waals surface area contributed by atoms with Gasteiger partial charge in [-0.05, 0) is 62.4 Å². The largest absolute Gasteiger partial charge is 0.480 e. The predicted molar refractivity (Wildman–Crippen MR) is 144 cm³/mol. The van der Waals surface area contributed by atoms with Crippen LogP contribution in [0.5, 0.6) is 5.75 Å². The molecule has 0 radical (unpaired) electrons. The number of rotatable bonds is 9. The smallest absolute Gasteiger partial charge is 0.415 e. The van der Waals surface area contributed by atoms with Crippen LogP contribution in [0.25, 0.3) is 0 Å². The summed E-state index contributed by atoms with van der Waals surface area (Å²) in [5.41, 5.74) is 1.48. The summed E-state index contributed by atoms with van der Waals surface area (Å²) in [6.07, 6.45) is 2.30. The molecule has 0 saturated carbocycles. The lowest BCUT2D eigenvalue weighted by Gasteiger charge is -2.28. The van der Waals surface area contributed by atoms with Gasteiger partial charge in [-0.3, -0.25) is 4.79 Å². The third-order valence-corrected chi connectivity index (χ3v) is 9.23. The molecule has 4 rings (SSSR count). The number of ether oxygens (including phenoxy) is 1. The Balaban J connectivity index is 1.36. The zero-order valence-electron chi connectivity index (χ0n) is 22.2. The number of carboxylic acids is 1. The van der Waals surface area contributed by atoms with Crippen molar-refractivity contribution in [1.29, 1.82) is 0 Å². The Labute approximate surface area is 233 Å². The highest BCUT2D eigenvalue weighted by molar-refractivity contribution is 7.89. The molecule has 0 unspecified atom stereocenters. The van der Waals surface area contributed by atoms with E-state index in [2.05, 4.69) is 5.32 Å².